The first-order valence-electron chi connectivity index (χ1n) is 3.95. The number of carboxylic acid groups (broad SMARTS) is 2. The van der Waals surface area contributed by atoms with Crippen molar-refractivity contribution in [2.45, 2.75) is 19.3 Å². The lowest BCUT2D eigenvalue weighted by atomic mass is 9.99. The van der Waals surface area contributed by atoms with E-state index in [9.17, 15) is 9.59 Å². The third-order valence-corrected chi connectivity index (χ3v) is 1.55. The molecule has 1 atom stereocenters. The normalized spacial score (nSPS) is 11.7. The molecular weight excluding hydrogens is 192 g/mol. The first-order chi connectivity index (χ1) is 6.41. The molecule has 0 amide bonds. The van der Waals surface area contributed by atoms with Crippen LogP contribution in [0.1, 0.15) is 19.3 Å². The molecule has 0 aliphatic carbocycles. The van der Waals surface area contributed by atoms with Crippen LogP contribution in [0.4, 0.5) is 0 Å². The summed E-state index contributed by atoms with van der Waals surface area (Å²) in [5.74, 6) is -3.82. The number of hydrogen-bond acceptors (Lipinski definition) is 4. The second-order valence-electron chi connectivity index (χ2n) is 2.82. The molecule has 0 aromatic rings. The van der Waals surface area contributed by atoms with Crippen LogP contribution in [0.15, 0.2) is 12.0 Å². The number of aliphatic hydroxyl groups excluding tert-OH is 1. The van der Waals surface area contributed by atoms with Gasteiger partial charge in [0.25, 0.3) is 5.95 Å². The Bertz CT molecular complexity index is 240. The zero-order valence-corrected chi connectivity index (χ0v) is 7.38. The minimum Gasteiger partial charge on any atom is -0.481 e. The quantitative estimate of drug-likeness (QED) is 0.478. The third-order valence-electron chi connectivity index (χ3n) is 1.55. The summed E-state index contributed by atoms with van der Waals surface area (Å²) < 4.78 is 0. The molecule has 0 aliphatic rings. The van der Waals surface area contributed by atoms with Crippen molar-refractivity contribution < 1.29 is 30.0 Å². The standard InChI is InChI=1S/C8H12O6/c9-6(10)2-1-5(3-7(11)12)4-8(13)14/h3,5,11-12H,1-2,4H2,(H,9,10)(H,13,14). The Balaban J connectivity index is 4.18. The second-order valence-corrected chi connectivity index (χ2v) is 2.82. The van der Waals surface area contributed by atoms with E-state index in [4.69, 9.17) is 20.4 Å². The summed E-state index contributed by atoms with van der Waals surface area (Å²) in [6, 6.07) is 0. The Morgan fingerprint density at radius 2 is 1.64 bits per heavy atom. The SMILES string of the molecule is O=C(O)CCC(C=C(O)O)CC(=O)O. The maximum atomic E-state index is 10.3. The largest absolute Gasteiger partial charge is 0.481 e. The van der Waals surface area contributed by atoms with Gasteiger partial charge in [0.2, 0.25) is 0 Å². The molecule has 0 saturated carbocycles. The van der Waals surface area contributed by atoms with Crippen LogP contribution < -0.4 is 0 Å². The van der Waals surface area contributed by atoms with Gasteiger partial charge in [0.1, 0.15) is 0 Å². The summed E-state index contributed by atoms with van der Waals surface area (Å²) in [4.78, 5) is 20.5. The summed E-state index contributed by atoms with van der Waals surface area (Å²) in [6.07, 6.45) is 0.461. The van der Waals surface area contributed by atoms with Crippen LogP contribution in [0, 0.1) is 5.92 Å². The predicted molar refractivity (Wildman–Crippen MR) is 46.0 cm³/mol. The van der Waals surface area contributed by atoms with Crippen molar-refractivity contribution in [3.63, 3.8) is 0 Å². The Morgan fingerprint density at radius 3 is 2.00 bits per heavy atom. The molecule has 0 fully saturated rings. The van der Waals surface area contributed by atoms with Crippen molar-refractivity contribution in [1.29, 1.82) is 0 Å². The van der Waals surface area contributed by atoms with Gasteiger partial charge in [-0.05, 0) is 18.4 Å². The minimum absolute atomic E-state index is 0.0618. The molecule has 0 aliphatic heterocycles. The van der Waals surface area contributed by atoms with Gasteiger partial charge < -0.3 is 20.4 Å². The summed E-state index contributed by atoms with van der Waals surface area (Å²) in [5, 5.41) is 33.7. The van der Waals surface area contributed by atoms with Crippen LogP contribution in [-0.2, 0) is 9.59 Å². The van der Waals surface area contributed by atoms with Gasteiger partial charge in [-0.25, -0.2) is 0 Å². The molecule has 80 valence electrons. The maximum absolute atomic E-state index is 10.3. The van der Waals surface area contributed by atoms with Crippen LogP contribution in [0.2, 0.25) is 0 Å². The van der Waals surface area contributed by atoms with Gasteiger partial charge in [-0.15, -0.1) is 0 Å². The lowest BCUT2D eigenvalue weighted by Gasteiger charge is -2.07. The molecule has 1 unspecified atom stereocenters. The molecule has 0 aromatic carbocycles. The number of carbonyl (C=O) groups is 2. The summed E-state index contributed by atoms with van der Waals surface area (Å²) in [6.45, 7) is 0. The number of rotatable bonds is 6. The van der Waals surface area contributed by atoms with Crippen LogP contribution in [0.3, 0.4) is 0 Å². The smallest absolute Gasteiger partial charge is 0.303 e. The van der Waals surface area contributed by atoms with E-state index < -0.39 is 23.8 Å². The van der Waals surface area contributed by atoms with E-state index in [0.717, 1.165) is 6.08 Å². The summed E-state index contributed by atoms with van der Waals surface area (Å²) in [7, 11) is 0. The first-order valence-corrected chi connectivity index (χ1v) is 3.95. The lowest BCUT2D eigenvalue weighted by Crippen LogP contribution is -2.08. The molecule has 14 heavy (non-hydrogen) atoms. The number of hydrogen-bond donors (Lipinski definition) is 4. The molecule has 4 N–H and O–H groups in total. The zero-order valence-electron chi connectivity index (χ0n) is 7.38. The van der Waals surface area contributed by atoms with E-state index >= 15 is 0 Å². The Labute approximate surface area is 80.1 Å². The fourth-order valence-corrected chi connectivity index (χ4v) is 0.988. The van der Waals surface area contributed by atoms with E-state index in [1.54, 1.807) is 0 Å². The van der Waals surface area contributed by atoms with E-state index in [1.165, 1.54) is 0 Å². The van der Waals surface area contributed by atoms with Crippen molar-refractivity contribution in [1.82, 2.24) is 0 Å². The molecule has 0 spiro atoms. The van der Waals surface area contributed by atoms with Gasteiger partial charge in [-0.1, -0.05) is 0 Å². The number of aliphatic carboxylic acids is 2. The molecule has 0 bridgehead atoms. The first kappa shape index (κ1) is 12.3. The van der Waals surface area contributed by atoms with E-state index in [1.807, 2.05) is 0 Å². The van der Waals surface area contributed by atoms with Gasteiger partial charge >= 0.3 is 11.9 Å². The predicted octanol–water partition coefficient (Wildman–Crippen LogP) is 0.899. The highest BCUT2D eigenvalue weighted by Gasteiger charge is 2.13. The van der Waals surface area contributed by atoms with Crippen LogP contribution in [-0.4, -0.2) is 32.4 Å². The highest BCUT2D eigenvalue weighted by atomic mass is 16.5. The minimum atomic E-state index is -1.11. The maximum Gasteiger partial charge on any atom is 0.303 e. The lowest BCUT2D eigenvalue weighted by molar-refractivity contribution is -0.140. The molecule has 6 nitrogen and oxygen atoms in total. The fourth-order valence-electron chi connectivity index (χ4n) is 0.988. The summed E-state index contributed by atoms with van der Waals surface area (Å²) >= 11 is 0. The van der Waals surface area contributed by atoms with E-state index in [2.05, 4.69) is 0 Å². The molecule has 0 radical (unpaired) electrons. The molecule has 0 saturated heterocycles. The number of aliphatic hydroxyl groups is 2. The Morgan fingerprint density at radius 1 is 1.07 bits per heavy atom. The highest BCUT2D eigenvalue weighted by molar-refractivity contribution is 5.68. The van der Waals surface area contributed by atoms with Crippen molar-refractivity contribution in [2.24, 2.45) is 5.92 Å². The van der Waals surface area contributed by atoms with Gasteiger partial charge in [-0.3, -0.25) is 9.59 Å². The van der Waals surface area contributed by atoms with E-state index in [0.29, 0.717) is 0 Å². The van der Waals surface area contributed by atoms with Crippen LogP contribution in [0.25, 0.3) is 0 Å². The van der Waals surface area contributed by atoms with Crippen molar-refractivity contribution >= 4 is 11.9 Å². The van der Waals surface area contributed by atoms with Crippen molar-refractivity contribution in [3.8, 4) is 0 Å². The van der Waals surface area contributed by atoms with Crippen LogP contribution >= 0.6 is 0 Å². The Hall–Kier alpha value is -1.72. The van der Waals surface area contributed by atoms with Gasteiger partial charge in [0.15, 0.2) is 0 Å². The zero-order chi connectivity index (χ0) is 11.1. The molecule has 0 heterocycles. The average Bonchev–Trinajstić information content (AvgIpc) is 1.97. The Kier molecular flexibility index (Phi) is 5.13. The van der Waals surface area contributed by atoms with Gasteiger partial charge in [0.05, 0.1) is 6.42 Å². The highest BCUT2D eigenvalue weighted by Crippen LogP contribution is 2.14. The monoisotopic (exact) mass is 204 g/mol. The van der Waals surface area contributed by atoms with Crippen molar-refractivity contribution in [3.05, 3.63) is 12.0 Å². The molecular formula is C8H12O6. The van der Waals surface area contributed by atoms with Crippen LogP contribution in [0.5, 0.6) is 0 Å². The molecule has 0 aromatic heterocycles. The fraction of sp³-hybridized carbons (Fsp3) is 0.500. The average molecular weight is 204 g/mol. The topological polar surface area (TPSA) is 115 Å². The van der Waals surface area contributed by atoms with Gasteiger partial charge in [-0.2, -0.15) is 0 Å². The molecule has 0 rings (SSSR count). The summed E-state index contributed by atoms with van der Waals surface area (Å²) in [5.41, 5.74) is 0. The third kappa shape index (κ3) is 6.96. The number of carboxylic acids is 2. The second kappa shape index (κ2) is 5.85. The van der Waals surface area contributed by atoms with Crippen molar-refractivity contribution in [2.75, 3.05) is 0 Å². The molecule has 6 heteroatoms. The van der Waals surface area contributed by atoms with Gasteiger partial charge in [0, 0.05) is 6.42 Å². The van der Waals surface area contributed by atoms with E-state index in [-0.39, 0.29) is 19.3 Å². The number of allylic oxidation sites excluding steroid dienone is 1.